The molecule has 1 atom stereocenters. The molecule has 0 amide bonds. The van der Waals surface area contributed by atoms with Crippen molar-refractivity contribution in [2.75, 3.05) is 13.2 Å². The largest absolute Gasteiger partial charge is 0.462 e. The smallest absolute Gasteiger partial charge is 0.306 e. The van der Waals surface area contributed by atoms with E-state index >= 15 is 0 Å². The number of allylic oxidation sites excluding steroid dienone is 14. The fourth-order valence-electron chi connectivity index (χ4n) is 8.04. The number of esters is 3. The summed E-state index contributed by atoms with van der Waals surface area (Å²) in [6, 6.07) is 0. The third kappa shape index (κ3) is 55.4. The molecule has 396 valence electrons. The molecule has 0 aromatic rings. The highest BCUT2D eigenvalue weighted by Gasteiger charge is 2.19. The first-order chi connectivity index (χ1) is 34.0. The maximum Gasteiger partial charge on any atom is 0.306 e. The molecular weight excluding hydrogens is 853 g/mol. The van der Waals surface area contributed by atoms with Crippen molar-refractivity contribution < 1.29 is 28.6 Å². The van der Waals surface area contributed by atoms with Gasteiger partial charge < -0.3 is 14.2 Å². The van der Waals surface area contributed by atoms with Gasteiger partial charge in [0.2, 0.25) is 0 Å². The topological polar surface area (TPSA) is 78.9 Å². The minimum atomic E-state index is -0.808. The molecule has 0 aromatic carbocycles. The summed E-state index contributed by atoms with van der Waals surface area (Å²) in [7, 11) is 0. The van der Waals surface area contributed by atoms with Crippen LogP contribution >= 0.6 is 0 Å². The van der Waals surface area contributed by atoms with Gasteiger partial charge in [-0.3, -0.25) is 14.4 Å². The van der Waals surface area contributed by atoms with Crippen molar-refractivity contribution in [3.05, 3.63) is 85.1 Å². The molecule has 0 spiro atoms. The normalized spacial score (nSPS) is 12.7. The minimum Gasteiger partial charge on any atom is -0.462 e. The van der Waals surface area contributed by atoms with Gasteiger partial charge in [0.05, 0.1) is 0 Å². The number of carbonyl (C=O) groups is 3. The van der Waals surface area contributed by atoms with E-state index in [1.54, 1.807) is 0 Å². The zero-order chi connectivity index (χ0) is 50.0. The molecule has 6 nitrogen and oxygen atoms in total. The maximum atomic E-state index is 12.8. The lowest BCUT2D eigenvalue weighted by Gasteiger charge is -2.18. The van der Waals surface area contributed by atoms with E-state index in [2.05, 4.69) is 106 Å². The maximum absolute atomic E-state index is 12.8. The van der Waals surface area contributed by atoms with Crippen molar-refractivity contribution >= 4 is 17.9 Å². The van der Waals surface area contributed by atoms with Gasteiger partial charge in [0.15, 0.2) is 6.10 Å². The van der Waals surface area contributed by atoms with E-state index in [9.17, 15) is 14.4 Å². The quantitative estimate of drug-likeness (QED) is 0.0262. The molecule has 6 heteroatoms. The Bertz CT molecular complexity index is 1330. The summed E-state index contributed by atoms with van der Waals surface area (Å²) in [6.45, 7) is 6.49. The Morgan fingerprint density at radius 3 is 0.928 bits per heavy atom. The molecule has 0 aromatic heterocycles. The third-order valence-electron chi connectivity index (χ3n) is 12.4. The Morgan fingerprint density at radius 1 is 0.304 bits per heavy atom. The van der Waals surface area contributed by atoms with Crippen molar-refractivity contribution in [3.8, 4) is 0 Å². The monoisotopic (exact) mass is 961 g/mol. The average Bonchev–Trinajstić information content (AvgIpc) is 3.35. The van der Waals surface area contributed by atoms with Gasteiger partial charge in [-0.1, -0.05) is 254 Å². The van der Waals surface area contributed by atoms with Crippen molar-refractivity contribution in [3.63, 3.8) is 0 Å². The standard InChI is InChI=1S/C63H108O6/c1-4-7-10-13-16-19-22-25-28-30-31-33-35-38-41-44-47-50-53-56-62(65)68-59-60(58-67-61(64)55-52-49-46-43-40-37-34-27-24-21-18-15-12-9-6-3)69-63(66)57-54-51-48-45-42-39-36-32-29-26-23-20-17-14-11-8-5-2/h7,10,16,19,25-26,28-29,31,33,36,39,45,48,60H,4-6,8-9,11-15,17-18,20-24,27,30,32,34-35,37-38,40-44,46-47,49-59H2,1-3H3/b10-7-,19-16-,28-25-,29-26-,33-31-,39-36-,48-45-. The van der Waals surface area contributed by atoms with Crippen LogP contribution in [-0.2, 0) is 28.6 Å². The number of rotatable bonds is 52. The molecule has 0 saturated carbocycles. The molecule has 0 aliphatic carbocycles. The van der Waals surface area contributed by atoms with Crippen LogP contribution < -0.4 is 0 Å². The second-order valence-corrected chi connectivity index (χ2v) is 19.2. The van der Waals surface area contributed by atoms with Crippen molar-refractivity contribution in [2.24, 2.45) is 0 Å². The lowest BCUT2D eigenvalue weighted by Crippen LogP contribution is -2.30. The Labute approximate surface area is 426 Å². The van der Waals surface area contributed by atoms with Gasteiger partial charge in [0.1, 0.15) is 13.2 Å². The van der Waals surface area contributed by atoms with E-state index in [0.717, 1.165) is 96.3 Å². The summed E-state index contributed by atoms with van der Waals surface area (Å²) in [6.07, 6.45) is 74.3. The number of hydrogen-bond donors (Lipinski definition) is 0. The molecular formula is C63H108O6. The minimum absolute atomic E-state index is 0.0992. The molecule has 0 heterocycles. The Kier molecular flexibility index (Phi) is 54.3. The molecule has 0 radical (unpaired) electrons. The highest BCUT2D eigenvalue weighted by atomic mass is 16.6. The van der Waals surface area contributed by atoms with Gasteiger partial charge in [-0.25, -0.2) is 0 Å². The van der Waals surface area contributed by atoms with E-state index in [1.165, 1.54) is 135 Å². The van der Waals surface area contributed by atoms with Crippen LogP contribution in [0.15, 0.2) is 85.1 Å². The van der Waals surface area contributed by atoms with Crippen LogP contribution in [0.25, 0.3) is 0 Å². The SMILES string of the molecule is CC/C=C\C/C=C\C/C=C\C/C=C\CCCCCCCCC(=O)OCC(COC(=O)CCCCCCCCCCCCCCCCC)OC(=O)CCC/C=C\C/C=C\C/C=C\CCCCCCCC. The van der Waals surface area contributed by atoms with Crippen molar-refractivity contribution in [1.82, 2.24) is 0 Å². The van der Waals surface area contributed by atoms with Crippen LogP contribution in [0.2, 0.25) is 0 Å². The zero-order valence-electron chi connectivity index (χ0n) is 45.3. The van der Waals surface area contributed by atoms with E-state index in [1.807, 2.05) is 0 Å². The zero-order valence-corrected chi connectivity index (χ0v) is 45.3. The Morgan fingerprint density at radius 2 is 0.580 bits per heavy atom. The summed E-state index contributed by atoms with van der Waals surface area (Å²) < 4.78 is 16.8. The first-order valence-electron chi connectivity index (χ1n) is 29.1. The fourth-order valence-corrected chi connectivity index (χ4v) is 8.04. The molecule has 0 aliphatic heterocycles. The van der Waals surface area contributed by atoms with Crippen LogP contribution in [0, 0.1) is 0 Å². The highest BCUT2D eigenvalue weighted by Crippen LogP contribution is 2.15. The molecule has 0 N–H and O–H groups in total. The lowest BCUT2D eigenvalue weighted by molar-refractivity contribution is -0.167. The van der Waals surface area contributed by atoms with Crippen LogP contribution in [0.1, 0.15) is 278 Å². The number of carbonyl (C=O) groups excluding carboxylic acids is 3. The molecule has 0 aliphatic rings. The highest BCUT2D eigenvalue weighted by molar-refractivity contribution is 5.71. The second kappa shape index (κ2) is 57.2. The predicted molar refractivity (Wildman–Crippen MR) is 297 cm³/mol. The first-order valence-corrected chi connectivity index (χ1v) is 29.1. The average molecular weight is 962 g/mol. The van der Waals surface area contributed by atoms with E-state index in [0.29, 0.717) is 19.3 Å². The molecule has 0 saturated heterocycles. The summed E-state index contributed by atoms with van der Waals surface area (Å²) in [5.74, 6) is -0.959. The molecule has 69 heavy (non-hydrogen) atoms. The molecule has 0 bridgehead atoms. The van der Waals surface area contributed by atoms with E-state index in [4.69, 9.17) is 14.2 Å². The lowest BCUT2D eigenvalue weighted by atomic mass is 10.0. The summed E-state index contributed by atoms with van der Waals surface area (Å²) in [4.78, 5) is 38.2. The molecule has 0 fully saturated rings. The first kappa shape index (κ1) is 65.6. The number of ether oxygens (including phenoxy) is 3. The van der Waals surface area contributed by atoms with Crippen LogP contribution in [-0.4, -0.2) is 37.2 Å². The summed E-state index contributed by atoms with van der Waals surface area (Å²) in [5, 5.41) is 0. The second-order valence-electron chi connectivity index (χ2n) is 19.2. The predicted octanol–water partition coefficient (Wildman–Crippen LogP) is 19.5. The fraction of sp³-hybridized carbons (Fsp3) is 0.730. The van der Waals surface area contributed by atoms with Crippen LogP contribution in [0.4, 0.5) is 0 Å². The third-order valence-corrected chi connectivity index (χ3v) is 12.4. The van der Waals surface area contributed by atoms with E-state index in [-0.39, 0.29) is 37.5 Å². The Hall–Kier alpha value is -3.41. The van der Waals surface area contributed by atoms with Crippen LogP contribution in [0.5, 0.6) is 0 Å². The van der Waals surface area contributed by atoms with Crippen molar-refractivity contribution in [1.29, 1.82) is 0 Å². The van der Waals surface area contributed by atoms with Gasteiger partial charge in [-0.15, -0.1) is 0 Å². The number of unbranched alkanes of at least 4 members (excludes halogenated alkanes) is 27. The number of hydrogen-bond acceptors (Lipinski definition) is 6. The molecule has 0 rings (SSSR count). The Balaban J connectivity index is 4.47. The summed E-state index contributed by atoms with van der Waals surface area (Å²) >= 11 is 0. The van der Waals surface area contributed by atoms with Gasteiger partial charge in [0.25, 0.3) is 0 Å². The van der Waals surface area contributed by atoms with Gasteiger partial charge in [-0.2, -0.15) is 0 Å². The van der Waals surface area contributed by atoms with Gasteiger partial charge in [-0.05, 0) is 89.9 Å². The van der Waals surface area contributed by atoms with Gasteiger partial charge in [0, 0.05) is 19.3 Å². The van der Waals surface area contributed by atoms with Crippen LogP contribution in [0.3, 0.4) is 0 Å². The van der Waals surface area contributed by atoms with E-state index < -0.39 is 6.10 Å². The molecule has 1 unspecified atom stereocenters. The summed E-state index contributed by atoms with van der Waals surface area (Å²) in [5.41, 5.74) is 0. The van der Waals surface area contributed by atoms with Crippen molar-refractivity contribution in [2.45, 2.75) is 284 Å². The van der Waals surface area contributed by atoms with Gasteiger partial charge >= 0.3 is 17.9 Å².